The highest BCUT2D eigenvalue weighted by Crippen LogP contribution is 2.01. The first kappa shape index (κ1) is 10.3. The second kappa shape index (κ2) is 4.24. The van der Waals surface area contributed by atoms with Crippen LogP contribution >= 0.6 is 0 Å². The lowest BCUT2D eigenvalue weighted by molar-refractivity contribution is -0.911. The minimum absolute atomic E-state index is 0.269. The molecular weight excluding hydrogens is 154 g/mol. The summed E-state index contributed by atoms with van der Waals surface area (Å²) < 4.78 is -1.05. The van der Waals surface area contributed by atoms with Gasteiger partial charge in [0.05, 0.1) is 6.61 Å². The van der Waals surface area contributed by atoms with Crippen LogP contribution in [0.4, 0.5) is 4.79 Å². The Morgan fingerprint density at radius 1 is 1.27 bits per heavy atom. The third kappa shape index (κ3) is 2.12. The highest BCUT2D eigenvalue weighted by molar-refractivity contribution is 5.53. The van der Waals surface area contributed by atoms with E-state index in [1.807, 2.05) is 0 Å². The molecule has 1 amide bonds. The van der Waals surface area contributed by atoms with Crippen molar-refractivity contribution in [2.24, 2.45) is 0 Å². The van der Waals surface area contributed by atoms with Gasteiger partial charge < -0.3 is 25.2 Å². The molecule has 0 fully saturated rings. The van der Waals surface area contributed by atoms with Gasteiger partial charge in [-0.1, -0.05) is 0 Å². The van der Waals surface area contributed by atoms with Crippen LogP contribution in [0.3, 0.4) is 0 Å². The summed E-state index contributed by atoms with van der Waals surface area (Å²) >= 11 is 0. The van der Waals surface area contributed by atoms with Gasteiger partial charge in [-0.05, 0) is 0 Å². The van der Waals surface area contributed by atoms with Crippen molar-refractivity contribution in [3.05, 3.63) is 0 Å². The standard InChI is InChI=1S/C5H11NO5/c7-2-1-6(3-8,4-9)5(10)11/h7-9H,1-4H2. The maximum absolute atomic E-state index is 10.3. The predicted octanol–water partition coefficient (Wildman–Crippen LogP) is -2.96. The van der Waals surface area contributed by atoms with Crippen LogP contribution in [0.1, 0.15) is 0 Å². The van der Waals surface area contributed by atoms with E-state index in [9.17, 15) is 9.90 Å². The Hall–Kier alpha value is -0.690. The average molecular weight is 165 g/mol. The Bertz CT molecular complexity index is 133. The second-order valence-corrected chi connectivity index (χ2v) is 2.14. The molecule has 11 heavy (non-hydrogen) atoms. The van der Waals surface area contributed by atoms with Crippen molar-refractivity contribution < 1.29 is 29.7 Å². The summed E-state index contributed by atoms with van der Waals surface area (Å²) in [5.74, 6) is 0. The molecule has 0 aromatic carbocycles. The third-order valence-electron chi connectivity index (χ3n) is 1.46. The summed E-state index contributed by atoms with van der Waals surface area (Å²) in [5, 5.41) is 35.8. The number of carbonyl (C=O) groups is 1. The molecule has 0 radical (unpaired) electrons. The molecule has 0 atom stereocenters. The molecule has 0 aliphatic carbocycles. The molecule has 0 aromatic heterocycles. The van der Waals surface area contributed by atoms with Crippen molar-refractivity contribution in [2.45, 2.75) is 0 Å². The van der Waals surface area contributed by atoms with E-state index in [4.69, 9.17) is 15.3 Å². The molecule has 0 saturated heterocycles. The van der Waals surface area contributed by atoms with E-state index in [1.54, 1.807) is 0 Å². The molecule has 0 spiro atoms. The minimum Gasteiger partial charge on any atom is -0.498 e. The Morgan fingerprint density at radius 3 is 1.82 bits per heavy atom. The first-order valence-corrected chi connectivity index (χ1v) is 3.03. The predicted molar refractivity (Wildman–Crippen MR) is 31.8 cm³/mol. The van der Waals surface area contributed by atoms with Gasteiger partial charge in [-0.15, -0.1) is 0 Å². The SMILES string of the molecule is O=C([O-])[N+](CO)(CO)CCO. The van der Waals surface area contributed by atoms with Gasteiger partial charge in [0.15, 0.2) is 13.5 Å². The number of aliphatic hydroxyl groups is 3. The zero-order valence-electron chi connectivity index (χ0n) is 5.93. The van der Waals surface area contributed by atoms with Crippen LogP contribution in [0, 0.1) is 0 Å². The smallest absolute Gasteiger partial charge is 0.261 e. The Labute approximate surface area is 63.5 Å². The number of hydrogen-bond acceptors (Lipinski definition) is 5. The Morgan fingerprint density at radius 2 is 1.73 bits per heavy atom. The first-order chi connectivity index (χ1) is 5.13. The third-order valence-corrected chi connectivity index (χ3v) is 1.46. The lowest BCUT2D eigenvalue weighted by Gasteiger charge is -2.32. The van der Waals surface area contributed by atoms with Crippen LogP contribution in [0.5, 0.6) is 0 Å². The summed E-state index contributed by atoms with van der Waals surface area (Å²) in [6.45, 7) is -2.29. The van der Waals surface area contributed by atoms with Gasteiger partial charge >= 0.3 is 0 Å². The number of carbonyl (C=O) groups excluding carboxylic acids is 1. The fourth-order valence-corrected chi connectivity index (χ4v) is 0.584. The zero-order chi connectivity index (χ0) is 8.91. The van der Waals surface area contributed by atoms with Gasteiger partial charge in [-0.3, -0.25) is 0 Å². The molecule has 6 heteroatoms. The van der Waals surface area contributed by atoms with Gasteiger partial charge in [0.25, 0.3) is 6.09 Å². The molecule has 6 nitrogen and oxygen atoms in total. The molecule has 66 valence electrons. The maximum Gasteiger partial charge on any atom is 0.261 e. The van der Waals surface area contributed by atoms with E-state index in [0.29, 0.717) is 0 Å². The van der Waals surface area contributed by atoms with Crippen LogP contribution in [0.25, 0.3) is 0 Å². The maximum atomic E-state index is 10.3. The molecule has 0 aromatic rings. The van der Waals surface area contributed by atoms with Crippen molar-refractivity contribution in [3.63, 3.8) is 0 Å². The van der Waals surface area contributed by atoms with E-state index < -0.39 is 30.6 Å². The van der Waals surface area contributed by atoms with E-state index in [0.717, 1.165) is 0 Å². The van der Waals surface area contributed by atoms with Crippen molar-refractivity contribution >= 4 is 6.09 Å². The molecule has 0 unspecified atom stereocenters. The summed E-state index contributed by atoms with van der Waals surface area (Å²) in [5.41, 5.74) is 0. The highest BCUT2D eigenvalue weighted by atomic mass is 16.4. The van der Waals surface area contributed by atoms with Crippen LogP contribution in [-0.4, -0.2) is 52.5 Å². The van der Waals surface area contributed by atoms with E-state index in [2.05, 4.69) is 0 Å². The summed E-state index contributed by atoms with van der Waals surface area (Å²) in [4.78, 5) is 10.3. The number of hydrogen-bond donors (Lipinski definition) is 3. The Kier molecular flexibility index (Phi) is 3.98. The zero-order valence-corrected chi connectivity index (χ0v) is 5.93. The fraction of sp³-hybridized carbons (Fsp3) is 0.800. The molecule has 0 heterocycles. The summed E-state index contributed by atoms with van der Waals surface area (Å²) in [6, 6.07) is 0. The second-order valence-electron chi connectivity index (χ2n) is 2.14. The largest absolute Gasteiger partial charge is 0.498 e. The van der Waals surface area contributed by atoms with Crippen molar-refractivity contribution in [2.75, 3.05) is 26.6 Å². The summed E-state index contributed by atoms with van der Waals surface area (Å²) in [6.07, 6.45) is -1.61. The molecule has 0 rings (SSSR count). The molecule has 3 N–H and O–H groups in total. The van der Waals surface area contributed by atoms with Gasteiger partial charge in [-0.25, -0.2) is 4.48 Å². The summed E-state index contributed by atoms with van der Waals surface area (Å²) in [7, 11) is 0. The lowest BCUT2D eigenvalue weighted by atomic mass is 10.5. The van der Waals surface area contributed by atoms with Gasteiger partial charge in [0, 0.05) is 0 Å². The number of quaternary nitrogens is 1. The number of nitrogens with zero attached hydrogens (tertiary/aromatic N) is 1. The van der Waals surface area contributed by atoms with E-state index in [1.165, 1.54) is 0 Å². The molecule has 0 saturated carbocycles. The lowest BCUT2D eigenvalue weighted by Crippen LogP contribution is -2.60. The number of amides is 1. The van der Waals surface area contributed by atoms with Gasteiger partial charge in [0.2, 0.25) is 0 Å². The Balaban J connectivity index is 4.32. The first-order valence-electron chi connectivity index (χ1n) is 3.03. The van der Waals surface area contributed by atoms with Gasteiger partial charge in [-0.2, -0.15) is 0 Å². The fourth-order valence-electron chi connectivity index (χ4n) is 0.584. The topological polar surface area (TPSA) is 101 Å². The van der Waals surface area contributed by atoms with E-state index >= 15 is 0 Å². The molecule has 0 aliphatic rings. The van der Waals surface area contributed by atoms with Crippen LogP contribution in [0.15, 0.2) is 0 Å². The number of rotatable bonds is 4. The van der Waals surface area contributed by atoms with Crippen LogP contribution in [-0.2, 0) is 0 Å². The quantitative estimate of drug-likeness (QED) is 0.305. The van der Waals surface area contributed by atoms with Crippen molar-refractivity contribution in [1.29, 1.82) is 0 Å². The molecule has 0 bridgehead atoms. The normalized spacial score (nSPS) is 11.5. The van der Waals surface area contributed by atoms with Crippen molar-refractivity contribution in [3.8, 4) is 0 Å². The number of aliphatic hydroxyl groups excluding tert-OH is 3. The van der Waals surface area contributed by atoms with Crippen LogP contribution < -0.4 is 5.11 Å². The molecule has 0 aliphatic heterocycles. The monoisotopic (exact) mass is 165 g/mol. The number of carboxylic acid groups (broad SMARTS) is 1. The van der Waals surface area contributed by atoms with E-state index in [-0.39, 0.29) is 6.54 Å². The highest BCUT2D eigenvalue weighted by Gasteiger charge is 2.27. The van der Waals surface area contributed by atoms with Crippen LogP contribution in [0.2, 0.25) is 0 Å². The van der Waals surface area contributed by atoms with Crippen molar-refractivity contribution in [1.82, 2.24) is 0 Å². The van der Waals surface area contributed by atoms with Gasteiger partial charge in [0.1, 0.15) is 6.54 Å². The average Bonchev–Trinajstić information content (AvgIpc) is 2.00. The molecular formula is C5H11NO5. The minimum atomic E-state index is -1.61.